The molecule has 6 aromatic rings. The lowest BCUT2D eigenvalue weighted by Gasteiger charge is -2.14. The highest BCUT2D eigenvalue weighted by atomic mass is 32.2. The molecule has 0 saturated carbocycles. The van der Waals surface area contributed by atoms with E-state index in [1.807, 2.05) is 0 Å². The first-order chi connectivity index (χ1) is 27.7. The van der Waals surface area contributed by atoms with E-state index in [1.54, 1.807) is 12.1 Å². The lowest BCUT2D eigenvalue weighted by Crippen LogP contribution is -2.04. The summed E-state index contributed by atoms with van der Waals surface area (Å²) >= 11 is 0. The number of aromatic hydroxyl groups is 2. The average Bonchev–Trinajstić information content (AvgIpc) is 3.16. The molecule has 0 atom stereocenters. The summed E-state index contributed by atoms with van der Waals surface area (Å²) in [7, 11) is -14.0. The first-order valence-corrected chi connectivity index (χ1v) is 20.6. The number of phenols is 2. The lowest BCUT2D eigenvalue weighted by atomic mass is 10.1. The van der Waals surface area contributed by atoms with Crippen molar-refractivity contribution in [1.82, 2.24) is 0 Å². The van der Waals surface area contributed by atoms with E-state index in [1.165, 1.54) is 73.8 Å². The number of benzene rings is 6. The van der Waals surface area contributed by atoms with Crippen LogP contribution in [0.15, 0.2) is 142 Å². The van der Waals surface area contributed by atoms with E-state index in [-0.39, 0.29) is 28.5 Å². The summed E-state index contributed by atoms with van der Waals surface area (Å²) in [5.41, 5.74) is 10.8. The van der Waals surface area contributed by atoms with Crippen LogP contribution in [0.25, 0.3) is 10.8 Å². The molecule has 304 valence electrons. The maximum atomic E-state index is 12.5. The minimum Gasteiger partial charge on any atom is -0.508 e. The number of hydrogen-bond donors (Lipinski definition) is 8. The number of hydrogen-bond acceptors (Lipinski definition) is 18. The molecule has 24 heteroatoms. The zero-order valence-electron chi connectivity index (χ0n) is 29.9. The summed E-state index contributed by atoms with van der Waals surface area (Å²) < 4.78 is 110. The summed E-state index contributed by atoms with van der Waals surface area (Å²) in [6.45, 7) is 0. The number of azo groups is 3. The second-order valence-corrected chi connectivity index (χ2v) is 16.3. The molecule has 21 nitrogen and oxygen atoms in total. The van der Waals surface area contributed by atoms with Gasteiger partial charge >= 0.3 is 0 Å². The van der Waals surface area contributed by atoms with Crippen LogP contribution in [0.2, 0.25) is 0 Å². The van der Waals surface area contributed by atoms with Crippen molar-refractivity contribution in [1.29, 1.82) is 0 Å². The second kappa shape index (κ2) is 16.0. The molecule has 6 rings (SSSR count). The molecular weight excluding hydrogens is 835 g/mol. The SMILES string of the molecule is COc1cccc(/N=N/c2c(S(=O)(=O)O)cc3cc(S(=O)(=O)O)c(/N=N/c4ccc(Nc5ccc(/N=N/c6ccc(O)cc6N)cc5)c(S(=O)(=O)O)c4)c(N)c3c2O)c1. The maximum absolute atomic E-state index is 12.5. The Hall–Kier alpha value is -7.09. The Morgan fingerprint density at radius 3 is 1.78 bits per heavy atom. The average molecular weight is 864 g/mol. The van der Waals surface area contributed by atoms with Gasteiger partial charge in [0.05, 0.1) is 46.6 Å². The van der Waals surface area contributed by atoms with Crippen LogP contribution >= 0.6 is 0 Å². The molecule has 59 heavy (non-hydrogen) atoms. The quantitative estimate of drug-likeness (QED) is 0.0327. The smallest absolute Gasteiger partial charge is 0.296 e. The van der Waals surface area contributed by atoms with Crippen LogP contribution in [0.4, 0.5) is 56.9 Å². The monoisotopic (exact) mass is 863 g/mol. The molecule has 0 fully saturated rings. The van der Waals surface area contributed by atoms with E-state index in [9.17, 15) is 49.1 Å². The normalized spacial score (nSPS) is 12.5. The van der Waals surface area contributed by atoms with Crippen molar-refractivity contribution in [3.63, 3.8) is 0 Å². The predicted octanol–water partition coefficient (Wildman–Crippen LogP) is 8.15. The fourth-order valence-corrected chi connectivity index (χ4v) is 7.39. The van der Waals surface area contributed by atoms with Crippen molar-refractivity contribution in [3.8, 4) is 17.2 Å². The zero-order chi connectivity index (χ0) is 42.9. The van der Waals surface area contributed by atoms with Gasteiger partial charge in [-0.1, -0.05) is 6.07 Å². The molecule has 0 aliphatic rings. The van der Waals surface area contributed by atoms with Crippen LogP contribution in [0.1, 0.15) is 0 Å². The lowest BCUT2D eigenvalue weighted by molar-refractivity contribution is 0.415. The van der Waals surface area contributed by atoms with Gasteiger partial charge in [-0.2, -0.15) is 40.6 Å². The fraction of sp³-hybridized carbons (Fsp3) is 0.0286. The number of nitrogens with two attached hydrogens (primary N) is 2. The Bertz CT molecular complexity index is 3090. The fourth-order valence-electron chi connectivity index (χ4n) is 5.39. The molecular formula is C35H29N9O12S3. The predicted molar refractivity (Wildman–Crippen MR) is 214 cm³/mol. The molecule has 6 aromatic carbocycles. The molecule has 0 heterocycles. The van der Waals surface area contributed by atoms with Crippen LogP contribution < -0.4 is 21.5 Å². The number of nitrogens with one attached hydrogen (secondary N) is 1. The van der Waals surface area contributed by atoms with Gasteiger partial charge in [0.2, 0.25) is 0 Å². The number of rotatable bonds is 12. The van der Waals surface area contributed by atoms with Gasteiger partial charge in [-0.3, -0.25) is 13.7 Å². The van der Waals surface area contributed by atoms with Gasteiger partial charge in [0.1, 0.15) is 43.2 Å². The van der Waals surface area contributed by atoms with E-state index in [4.69, 9.17) is 16.2 Å². The summed E-state index contributed by atoms with van der Waals surface area (Å²) in [6, 6.07) is 21.0. The van der Waals surface area contributed by atoms with Crippen LogP contribution in [0, 0.1) is 0 Å². The highest BCUT2D eigenvalue weighted by Crippen LogP contribution is 2.48. The van der Waals surface area contributed by atoms with E-state index in [0.717, 1.165) is 12.1 Å². The van der Waals surface area contributed by atoms with E-state index in [2.05, 4.69) is 36.0 Å². The third kappa shape index (κ3) is 9.39. The number of fused-ring (bicyclic) bond motifs is 1. The molecule has 0 radical (unpaired) electrons. The topological polar surface area (TPSA) is 351 Å². The van der Waals surface area contributed by atoms with Gasteiger partial charge in [0, 0.05) is 17.8 Å². The minimum atomic E-state index is -5.23. The Kier molecular flexibility index (Phi) is 11.3. The number of anilines is 4. The molecule has 0 aliphatic heterocycles. The van der Waals surface area contributed by atoms with Crippen molar-refractivity contribution in [2.45, 2.75) is 14.7 Å². The van der Waals surface area contributed by atoms with Crippen LogP contribution in [0.3, 0.4) is 0 Å². The highest BCUT2D eigenvalue weighted by Gasteiger charge is 2.28. The largest absolute Gasteiger partial charge is 0.508 e. The molecule has 0 amide bonds. The summed E-state index contributed by atoms with van der Waals surface area (Å²) in [4.78, 5) is -2.72. The molecule has 0 aliphatic carbocycles. The molecule has 10 N–H and O–H groups in total. The highest BCUT2D eigenvalue weighted by molar-refractivity contribution is 7.86. The van der Waals surface area contributed by atoms with Crippen LogP contribution in [0.5, 0.6) is 17.2 Å². The minimum absolute atomic E-state index is 0.0407. The van der Waals surface area contributed by atoms with Gasteiger partial charge in [-0.15, -0.1) is 15.3 Å². The van der Waals surface area contributed by atoms with Crippen LogP contribution in [-0.4, -0.2) is 56.2 Å². The number of ether oxygens (including phenoxy) is 1. The Balaban J connectivity index is 1.38. The summed E-state index contributed by atoms with van der Waals surface area (Å²) in [6.07, 6.45) is 0. The summed E-state index contributed by atoms with van der Waals surface area (Å²) in [5.74, 6) is -0.684. The molecule has 0 saturated heterocycles. The molecule has 0 bridgehead atoms. The van der Waals surface area contributed by atoms with E-state index >= 15 is 0 Å². The maximum Gasteiger partial charge on any atom is 0.296 e. The summed E-state index contributed by atoms with van der Waals surface area (Å²) in [5, 5.41) is 46.3. The molecule has 0 unspecified atom stereocenters. The van der Waals surface area contributed by atoms with Crippen molar-refractivity contribution in [2.24, 2.45) is 30.7 Å². The second-order valence-electron chi connectivity index (χ2n) is 12.1. The van der Waals surface area contributed by atoms with Gasteiger partial charge in [0.25, 0.3) is 30.4 Å². The molecule has 0 aromatic heterocycles. The van der Waals surface area contributed by atoms with Crippen molar-refractivity contribution >= 4 is 98.0 Å². The first-order valence-electron chi connectivity index (χ1n) is 16.3. The number of nitrogens with zero attached hydrogens (tertiary/aromatic N) is 6. The number of phenolic OH excluding ortho intramolecular Hbond substituents is 2. The Labute approximate surface area is 334 Å². The van der Waals surface area contributed by atoms with Crippen molar-refractivity contribution < 1.29 is 53.9 Å². The standard InChI is InChI=1S/C35H29N9O12S3/c1-56-24-4-2-3-21(15-24)40-44-34-30(59(53,54)55)14-18-13-29(58(50,51)52)33(32(37)31(18)35(34)46)43-41-22-9-11-27(28(16-22)57(47,48)49)38-19-5-7-20(8-6-19)39-42-26-12-10-23(45)17-25(26)36/h2-17,38,45-46H,36-37H2,1H3,(H,47,48,49)(H,50,51,52)(H,53,54,55)/b42-39+,43-41+,44-40+. The molecule has 0 spiro atoms. The third-order valence-electron chi connectivity index (χ3n) is 8.13. The van der Waals surface area contributed by atoms with Crippen molar-refractivity contribution in [3.05, 3.63) is 97.1 Å². The van der Waals surface area contributed by atoms with Crippen LogP contribution in [-0.2, 0) is 30.4 Å². The van der Waals surface area contributed by atoms with E-state index in [0.29, 0.717) is 28.9 Å². The first kappa shape index (κ1) is 41.5. The van der Waals surface area contributed by atoms with Gasteiger partial charge in [-0.05, 0) is 84.2 Å². The zero-order valence-corrected chi connectivity index (χ0v) is 32.3. The number of nitrogen functional groups attached to an aromatic ring is 2. The number of methoxy groups -OCH3 is 1. The van der Waals surface area contributed by atoms with Crippen molar-refractivity contribution in [2.75, 3.05) is 23.9 Å². The Morgan fingerprint density at radius 1 is 0.593 bits per heavy atom. The van der Waals surface area contributed by atoms with Gasteiger partial charge < -0.3 is 31.7 Å². The van der Waals surface area contributed by atoms with Gasteiger partial charge in [-0.25, -0.2) is 0 Å². The van der Waals surface area contributed by atoms with Gasteiger partial charge in [0.15, 0.2) is 5.75 Å². The Morgan fingerprint density at radius 2 is 1.17 bits per heavy atom. The third-order valence-corrected chi connectivity index (χ3v) is 10.8. The van der Waals surface area contributed by atoms with E-state index < -0.39 is 78.6 Å².